The first-order valence-electron chi connectivity index (χ1n) is 6.48. The maximum Gasteiger partial charge on any atom is 0.135 e. The Balaban J connectivity index is 2.15. The SMILES string of the molecule is CCNc1nc(C)nc(NCc2ccc(C)s2)c1C. The molecule has 5 heteroatoms. The highest BCUT2D eigenvalue weighted by atomic mass is 32.1. The molecule has 0 aliphatic carbocycles. The van der Waals surface area contributed by atoms with Gasteiger partial charge in [0.2, 0.25) is 0 Å². The summed E-state index contributed by atoms with van der Waals surface area (Å²) in [5.74, 6) is 2.61. The standard InChI is InChI=1S/C14H20N4S/c1-5-15-13-10(3)14(18-11(4)17-13)16-8-12-7-6-9(2)19-12/h6-7H,5,8H2,1-4H3,(H2,15,16,17,18). The molecular weight excluding hydrogens is 256 g/mol. The minimum atomic E-state index is 0.784. The predicted molar refractivity (Wildman–Crippen MR) is 82.1 cm³/mol. The van der Waals surface area contributed by atoms with Gasteiger partial charge in [0.15, 0.2) is 0 Å². The third-order valence-electron chi connectivity index (χ3n) is 2.83. The fourth-order valence-corrected chi connectivity index (χ4v) is 2.72. The molecule has 0 amide bonds. The van der Waals surface area contributed by atoms with E-state index in [2.05, 4.69) is 46.6 Å². The lowest BCUT2D eigenvalue weighted by atomic mass is 10.3. The molecule has 4 nitrogen and oxygen atoms in total. The largest absolute Gasteiger partial charge is 0.370 e. The summed E-state index contributed by atoms with van der Waals surface area (Å²) in [6, 6.07) is 4.30. The van der Waals surface area contributed by atoms with Crippen LogP contribution in [0.4, 0.5) is 11.6 Å². The molecule has 0 atom stereocenters. The smallest absolute Gasteiger partial charge is 0.135 e. The van der Waals surface area contributed by atoms with Crippen molar-refractivity contribution in [2.75, 3.05) is 17.2 Å². The zero-order chi connectivity index (χ0) is 13.8. The predicted octanol–water partition coefficient (Wildman–Crippen LogP) is 3.51. The summed E-state index contributed by atoms with van der Waals surface area (Å²) >= 11 is 1.81. The van der Waals surface area contributed by atoms with E-state index in [1.807, 2.05) is 25.2 Å². The second kappa shape index (κ2) is 6.02. The summed E-state index contributed by atoms with van der Waals surface area (Å²) in [5.41, 5.74) is 1.07. The molecule has 2 aromatic heterocycles. The molecule has 2 rings (SSSR count). The molecule has 0 aliphatic rings. The Bertz CT molecular complexity index is 563. The van der Waals surface area contributed by atoms with Crippen LogP contribution in [-0.2, 0) is 6.54 Å². The molecule has 0 fully saturated rings. The van der Waals surface area contributed by atoms with E-state index < -0.39 is 0 Å². The van der Waals surface area contributed by atoms with Crippen LogP contribution in [0.25, 0.3) is 0 Å². The molecule has 0 aromatic carbocycles. The number of hydrogen-bond acceptors (Lipinski definition) is 5. The summed E-state index contributed by atoms with van der Waals surface area (Å²) < 4.78 is 0. The molecule has 2 N–H and O–H groups in total. The van der Waals surface area contributed by atoms with Gasteiger partial charge < -0.3 is 10.6 Å². The van der Waals surface area contributed by atoms with Crippen molar-refractivity contribution < 1.29 is 0 Å². The minimum Gasteiger partial charge on any atom is -0.370 e. The maximum atomic E-state index is 4.48. The Kier molecular flexibility index (Phi) is 4.37. The lowest BCUT2D eigenvalue weighted by Gasteiger charge is -2.13. The first kappa shape index (κ1) is 13.8. The summed E-state index contributed by atoms with van der Waals surface area (Å²) in [4.78, 5) is 11.6. The van der Waals surface area contributed by atoms with Crippen molar-refractivity contribution in [1.82, 2.24) is 9.97 Å². The van der Waals surface area contributed by atoms with Gasteiger partial charge in [-0.2, -0.15) is 0 Å². The van der Waals surface area contributed by atoms with Crippen molar-refractivity contribution in [1.29, 1.82) is 0 Å². The second-order valence-electron chi connectivity index (χ2n) is 4.49. The van der Waals surface area contributed by atoms with Crippen molar-refractivity contribution in [3.05, 3.63) is 33.3 Å². The molecule has 19 heavy (non-hydrogen) atoms. The van der Waals surface area contributed by atoms with Gasteiger partial charge in [-0.3, -0.25) is 0 Å². The van der Waals surface area contributed by atoms with Gasteiger partial charge >= 0.3 is 0 Å². The van der Waals surface area contributed by atoms with Crippen molar-refractivity contribution in [3.8, 4) is 0 Å². The molecule has 102 valence electrons. The number of nitrogens with zero attached hydrogens (tertiary/aromatic N) is 2. The fourth-order valence-electron chi connectivity index (χ4n) is 1.89. The third-order valence-corrected chi connectivity index (χ3v) is 3.83. The number of nitrogens with one attached hydrogen (secondary N) is 2. The average molecular weight is 276 g/mol. The molecule has 0 bridgehead atoms. The molecule has 0 saturated carbocycles. The van der Waals surface area contributed by atoms with Gasteiger partial charge in [0.25, 0.3) is 0 Å². The number of aryl methyl sites for hydroxylation is 2. The highest BCUT2D eigenvalue weighted by Crippen LogP contribution is 2.22. The Morgan fingerprint density at radius 1 is 1.05 bits per heavy atom. The van der Waals surface area contributed by atoms with E-state index in [-0.39, 0.29) is 0 Å². The Labute approximate surface area is 118 Å². The van der Waals surface area contributed by atoms with Gasteiger partial charge in [0, 0.05) is 21.9 Å². The van der Waals surface area contributed by atoms with Crippen LogP contribution in [0.15, 0.2) is 12.1 Å². The lowest BCUT2D eigenvalue weighted by molar-refractivity contribution is 0.997. The van der Waals surface area contributed by atoms with Crippen LogP contribution in [-0.4, -0.2) is 16.5 Å². The molecule has 2 heterocycles. The zero-order valence-corrected chi connectivity index (χ0v) is 12.7. The highest BCUT2D eigenvalue weighted by molar-refractivity contribution is 7.11. The maximum absolute atomic E-state index is 4.48. The van der Waals surface area contributed by atoms with Gasteiger partial charge in [0.05, 0.1) is 6.54 Å². The normalized spacial score (nSPS) is 10.5. The number of anilines is 2. The van der Waals surface area contributed by atoms with Gasteiger partial charge in [-0.05, 0) is 39.8 Å². The van der Waals surface area contributed by atoms with Gasteiger partial charge in [-0.25, -0.2) is 9.97 Å². The van der Waals surface area contributed by atoms with Crippen molar-refractivity contribution in [2.24, 2.45) is 0 Å². The zero-order valence-electron chi connectivity index (χ0n) is 11.9. The third kappa shape index (κ3) is 3.44. The van der Waals surface area contributed by atoms with Gasteiger partial charge in [0.1, 0.15) is 17.5 Å². The monoisotopic (exact) mass is 276 g/mol. The van der Waals surface area contributed by atoms with E-state index >= 15 is 0 Å². The number of aromatic nitrogens is 2. The Morgan fingerprint density at radius 3 is 2.32 bits per heavy atom. The molecule has 0 radical (unpaired) electrons. The van der Waals surface area contributed by atoms with Crippen molar-refractivity contribution in [2.45, 2.75) is 34.2 Å². The molecule has 0 spiro atoms. The molecular formula is C14H20N4S. The van der Waals surface area contributed by atoms with E-state index in [1.165, 1.54) is 9.75 Å². The van der Waals surface area contributed by atoms with E-state index in [4.69, 9.17) is 0 Å². The van der Waals surface area contributed by atoms with Crippen LogP contribution < -0.4 is 10.6 Å². The van der Waals surface area contributed by atoms with E-state index in [0.29, 0.717) is 0 Å². The average Bonchev–Trinajstić information content (AvgIpc) is 2.78. The second-order valence-corrected chi connectivity index (χ2v) is 5.86. The summed E-state index contributed by atoms with van der Waals surface area (Å²) in [7, 11) is 0. The summed E-state index contributed by atoms with van der Waals surface area (Å²) in [5, 5.41) is 6.67. The van der Waals surface area contributed by atoms with Crippen LogP contribution in [0, 0.1) is 20.8 Å². The Morgan fingerprint density at radius 2 is 1.74 bits per heavy atom. The number of thiophene rings is 1. The van der Waals surface area contributed by atoms with Crippen LogP contribution in [0.2, 0.25) is 0 Å². The van der Waals surface area contributed by atoms with Crippen LogP contribution in [0.3, 0.4) is 0 Å². The van der Waals surface area contributed by atoms with Crippen molar-refractivity contribution >= 4 is 23.0 Å². The molecule has 0 unspecified atom stereocenters. The lowest BCUT2D eigenvalue weighted by Crippen LogP contribution is -2.09. The van der Waals surface area contributed by atoms with Gasteiger partial charge in [-0.15, -0.1) is 11.3 Å². The molecule has 0 aliphatic heterocycles. The first-order chi connectivity index (χ1) is 9.10. The van der Waals surface area contributed by atoms with Crippen LogP contribution >= 0.6 is 11.3 Å². The molecule has 0 saturated heterocycles. The highest BCUT2D eigenvalue weighted by Gasteiger charge is 2.08. The fraction of sp³-hybridized carbons (Fsp3) is 0.429. The number of rotatable bonds is 5. The Hall–Kier alpha value is -1.62. The van der Waals surface area contributed by atoms with E-state index in [9.17, 15) is 0 Å². The van der Waals surface area contributed by atoms with Gasteiger partial charge in [-0.1, -0.05) is 0 Å². The summed E-state index contributed by atoms with van der Waals surface area (Å²) in [6.07, 6.45) is 0. The van der Waals surface area contributed by atoms with Crippen LogP contribution in [0.1, 0.15) is 28.1 Å². The number of hydrogen-bond donors (Lipinski definition) is 2. The first-order valence-corrected chi connectivity index (χ1v) is 7.30. The minimum absolute atomic E-state index is 0.784. The topological polar surface area (TPSA) is 49.8 Å². The van der Waals surface area contributed by atoms with Crippen molar-refractivity contribution in [3.63, 3.8) is 0 Å². The van der Waals surface area contributed by atoms with Crippen LogP contribution in [0.5, 0.6) is 0 Å². The molecule has 2 aromatic rings. The van der Waals surface area contributed by atoms with E-state index in [0.717, 1.165) is 36.1 Å². The van der Waals surface area contributed by atoms with E-state index in [1.54, 1.807) is 0 Å². The summed E-state index contributed by atoms with van der Waals surface area (Å²) in [6.45, 7) is 9.82. The quantitative estimate of drug-likeness (QED) is 0.877.